The van der Waals surface area contributed by atoms with E-state index in [1.54, 1.807) is 9.80 Å². The molecule has 0 aromatic carbocycles. The van der Waals surface area contributed by atoms with Crippen LogP contribution < -0.4 is 4.90 Å². The highest BCUT2D eigenvalue weighted by atomic mass is 19.4. The molecule has 0 N–H and O–H groups in total. The van der Waals surface area contributed by atoms with E-state index < -0.39 is 11.7 Å². The van der Waals surface area contributed by atoms with Crippen molar-refractivity contribution in [3.8, 4) is 0 Å². The molecule has 1 aromatic heterocycles. The third-order valence-corrected chi connectivity index (χ3v) is 3.33. The second-order valence-corrected chi connectivity index (χ2v) is 4.72. The minimum Gasteiger partial charge on any atom is -0.354 e. The van der Waals surface area contributed by atoms with Crippen LogP contribution in [0, 0.1) is 0 Å². The van der Waals surface area contributed by atoms with Crippen LogP contribution in [0.1, 0.15) is 18.9 Å². The summed E-state index contributed by atoms with van der Waals surface area (Å²) in [6.45, 7) is 3.28. The van der Waals surface area contributed by atoms with Gasteiger partial charge >= 0.3 is 6.18 Å². The van der Waals surface area contributed by atoms with E-state index in [0.29, 0.717) is 32.6 Å². The second kappa shape index (κ2) is 5.68. The number of rotatable bonds is 1. The van der Waals surface area contributed by atoms with Gasteiger partial charge in [0.25, 0.3) is 0 Å². The normalized spacial score (nSPS) is 17.0. The summed E-state index contributed by atoms with van der Waals surface area (Å²) in [5.74, 6) is -0.102. The number of anilines is 1. The maximum atomic E-state index is 13.0. The van der Waals surface area contributed by atoms with E-state index in [2.05, 4.69) is 4.98 Å². The van der Waals surface area contributed by atoms with Gasteiger partial charge in [-0.1, -0.05) is 0 Å². The zero-order valence-corrected chi connectivity index (χ0v) is 11.2. The third-order valence-electron chi connectivity index (χ3n) is 3.33. The lowest BCUT2D eigenvalue weighted by Crippen LogP contribution is -2.34. The number of carbonyl (C=O) groups is 1. The van der Waals surface area contributed by atoms with E-state index in [0.717, 1.165) is 6.07 Å². The van der Waals surface area contributed by atoms with Gasteiger partial charge in [0.15, 0.2) is 0 Å². The van der Waals surface area contributed by atoms with Crippen molar-refractivity contribution in [2.75, 3.05) is 31.1 Å². The summed E-state index contributed by atoms with van der Waals surface area (Å²) in [6, 6.07) is 2.32. The highest BCUT2D eigenvalue weighted by Gasteiger charge is 2.35. The third kappa shape index (κ3) is 3.20. The molecule has 7 heteroatoms. The summed E-state index contributed by atoms with van der Waals surface area (Å²) < 4.78 is 38.9. The number of aromatic nitrogens is 1. The quantitative estimate of drug-likeness (QED) is 0.794. The van der Waals surface area contributed by atoms with Crippen molar-refractivity contribution in [1.29, 1.82) is 0 Å². The molecule has 1 aliphatic heterocycles. The first kappa shape index (κ1) is 14.6. The predicted octanol–water partition coefficient (Wildman–Crippen LogP) is 2.16. The largest absolute Gasteiger partial charge is 0.419 e. The van der Waals surface area contributed by atoms with Crippen LogP contribution in [0.3, 0.4) is 0 Å². The zero-order chi connectivity index (χ0) is 14.8. The van der Waals surface area contributed by atoms with Gasteiger partial charge in [-0.2, -0.15) is 13.2 Å². The fourth-order valence-electron chi connectivity index (χ4n) is 2.31. The van der Waals surface area contributed by atoms with Crippen molar-refractivity contribution in [3.05, 3.63) is 23.9 Å². The van der Waals surface area contributed by atoms with Gasteiger partial charge in [0.1, 0.15) is 5.82 Å². The van der Waals surface area contributed by atoms with E-state index >= 15 is 0 Å². The predicted molar refractivity (Wildman–Crippen MR) is 68.3 cm³/mol. The molecule has 0 unspecified atom stereocenters. The van der Waals surface area contributed by atoms with E-state index in [1.165, 1.54) is 19.2 Å². The summed E-state index contributed by atoms with van der Waals surface area (Å²) in [5.41, 5.74) is -0.726. The standard InChI is InChI=1S/C13H16F3N3O/c1-10(20)18-6-3-7-19(9-8-18)12-11(13(14,15)16)4-2-5-17-12/h2,4-5H,3,6-9H2,1H3. The second-order valence-electron chi connectivity index (χ2n) is 4.72. The Hall–Kier alpha value is -1.79. The molecular weight excluding hydrogens is 271 g/mol. The van der Waals surface area contributed by atoms with Crippen LogP contribution in [0.2, 0.25) is 0 Å². The molecule has 2 rings (SSSR count). The van der Waals surface area contributed by atoms with Crippen molar-refractivity contribution in [2.45, 2.75) is 19.5 Å². The summed E-state index contributed by atoms with van der Waals surface area (Å²) >= 11 is 0. The molecule has 0 saturated carbocycles. The number of carbonyl (C=O) groups excluding carboxylic acids is 1. The molecular formula is C13H16F3N3O. The molecule has 4 nitrogen and oxygen atoms in total. The first-order valence-electron chi connectivity index (χ1n) is 6.42. The minimum atomic E-state index is -4.42. The van der Waals surface area contributed by atoms with Crippen LogP contribution in [0.25, 0.3) is 0 Å². The molecule has 0 bridgehead atoms. The Kier molecular flexibility index (Phi) is 4.15. The molecule has 1 fully saturated rings. The van der Waals surface area contributed by atoms with E-state index in [9.17, 15) is 18.0 Å². The van der Waals surface area contributed by atoms with Gasteiger partial charge in [0.2, 0.25) is 5.91 Å². The summed E-state index contributed by atoms with van der Waals surface area (Å²) in [6.07, 6.45) is -2.43. The first-order chi connectivity index (χ1) is 9.39. The molecule has 0 atom stereocenters. The van der Waals surface area contributed by atoms with Gasteiger partial charge in [-0.3, -0.25) is 4.79 Å². The average molecular weight is 287 g/mol. The first-order valence-corrected chi connectivity index (χ1v) is 6.42. The van der Waals surface area contributed by atoms with Crippen molar-refractivity contribution >= 4 is 11.7 Å². The molecule has 0 spiro atoms. The molecule has 1 saturated heterocycles. The van der Waals surface area contributed by atoms with Gasteiger partial charge in [-0.15, -0.1) is 0 Å². The van der Waals surface area contributed by atoms with Crippen LogP contribution in [0.5, 0.6) is 0 Å². The van der Waals surface area contributed by atoms with Crippen LogP contribution >= 0.6 is 0 Å². The van der Waals surface area contributed by atoms with Gasteiger partial charge in [-0.05, 0) is 18.6 Å². The number of halogens is 3. The monoisotopic (exact) mass is 287 g/mol. The van der Waals surface area contributed by atoms with Crippen molar-refractivity contribution in [1.82, 2.24) is 9.88 Å². The highest BCUT2D eigenvalue weighted by Crippen LogP contribution is 2.35. The number of amides is 1. The molecule has 1 amide bonds. The SMILES string of the molecule is CC(=O)N1CCCN(c2ncccc2C(F)(F)F)CC1. The summed E-state index contributed by atoms with van der Waals surface area (Å²) in [7, 11) is 0. The van der Waals surface area contributed by atoms with Crippen LogP contribution in [0.4, 0.5) is 19.0 Å². The smallest absolute Gasteiger partial charge is 0.354 e. The van der Waals surface area contributed by atoms with Crippen molar-refractivity contribution in [2.24, 2.45) is 0 Å². The highest BCUT2D eigenvalue weighted by molar-refractivity contribution is 5.73. The van der Waals surface area contributed by atoms with Crippen LogP contribution in [-0.4, -0.2) is 42.0 Å². The van der Waals surface area contributed by atoms with Crippen molar-refractivity contribution in [3.63, 3.8) is 0 Å². The lowest BCUT2D eigenvalue weighted by atomic mass is 10.2. The molecule has 110 valence electrons. The lowest BCUT2D eigenvalue weighted by molar-refractivity contribution is -0.137. The number of hydrogen-bond acceptors (Lipinski definition) is 3. The fourth-order valence-corrected chi connectivity index (χ4v) is 2.31. The number of alkyl halides is 3. The van der Waals surface area contributed by atoms with E-state index in [1.807, 2.05) is 0 Å². The number of nitrogens with zero attached hydrogens (tertiary/aromatic N) is 3. The summed E-state index contributed by atoms with van der Waals surface area (Å²) in [4.78, 5) is 18.5. The molecule has 2 heterocycles. The van der Waals surface area contributed by atoms with Crippen molar-refractivity contribution < 1.29 is 18.0 Å². The summed E-state index contributed by atoms with van der Waals surface area (Å²) in [5, 5.41) is 0. The van der Waals surface area contributed by atoms with Crippen LogP contribution in [-0.2, 0) is 11.0 Å². The maximum Gasteiger partial charge on any atom is 0.419 e. The van der Waals surface area contributed by atoms with Gasteiger partial charge in [-0.25, -0.2) is 4.98 Å². The van der Waals surface area contributed by atoms with Gasteiger partial charge in [0, 0.05) is 39.3 Å². The average Bonchev–Trinajstić information content (AvgIpc) is 2.63. The molecule has 20 heavy (non-hydrogen) atoms. The fraction of sp³-hybridized carbons (Fsp3) is 0.538. The maximum absolute atomic E-state index is 13.0. The van der Waals surface area contributed by atoms with Gasteiger partial charge in [0.05, 0.1) is 5.56 Å². The Labute approximate surface area is 115 Å². The Morgan fingerprint density at radius 1 is 1.25 bits per heavy atom. The Bertz CT molecular complexity index is 490. The Morgan fingerprint density at radius 2 is 2.00 bits per heavy atom. The van der Waals surface area contributed by atoms with Gasteiger partial charge < -0.3 is 9.80 Å². The van der Waals surface area contributed by atoms with Crippen LogP contribution in [0.15, 0.2) is 18.3 Å². The number of pyridine rings is 1. The molecule has 0 radical (unpaired) electrons. The minimum absolute atomic E-state index is 0.0506. The number of hydrogen-bond donors (Lipinski definition) is 0. The molecule has 0 aliphatic carbocycles. The van der Waals surface area contributed by atoms with E-state index in [-0.39, 0.29) is 11.7 Å². The topological polar surface area (TPSA) is 36.4 Å². The Balaban J connectivity index is 2.22. The molecule has 1 aromatic rings. The molecule has 1 aliphatic rings. The zero-order valence-electron chi connectivity index (χ0n) is 11.2. The lowest BCUT2D eigenvalue weighted by Gasteiger charge is -2.25. The van der Waals surface area contributed by atoms with E-state index in [4.69, 9.17) is 0 Å². The Morgan fingerprint density at radius 3 is 2.65 bits per heavy atom.